The van der Waals surface area contributed by atoms with Crippen LogP contribution in [0.5, 0.6) is 0 Å². The molecule has 0 spiro atoms. The summed E-state index contributed by atoms with van der Waals surface area (Å²) in [6, 6.07) is 4.19. The van der Waals surface area contributed by atoms with Crippen LogP contribution in [0.25, 0.3) is 0 Å². The Morgan fingerprint density at radius 1 is 1.45 bits per heavy atom. The highest BCUT2D eigenvalue weighted by atomic mass is 79.9. The number of rotatable bonds is 5. The second-order valence-corrected chi connectivity index (χ2v) is 4.80. The van der Waals surface area contributed by atoms with Crippen LogP contribution in [0.3, 0.4) is 0 Å². The molecule has 0 atom stereocenters. The lowest BCUT2D eigenvalue weighted by atomic mass is 10.2. The van der Waals surface area contributed by atoms with Crippen molar-refractivity contribution in [2.75, 3.05) is 20.1 Å². The van der Waals surface area contributed by atoms with E-state index >= 15 is 0 Å². The molecular weight excluding hydrogens is 330 g/mol. The van der Waals surface area contributed by atoms with Crippen molar-refractivity contribution in [3.63, 3.8) is 0 Å². The van der Waals surface area contributed by atoms with Crippen molar-refractivity contribution in [2.24, 2.45) is 0 Å². The van der Waals surface area contributed by atoms with Gasteiger partial charge >= 0.3 is 0 Å². The number of benzene rings is 1. The monoisotopic (exact) mass is 343 g/mol. The third kappa shape index (κ3) is 3.77. The molecule has 0 aliphatic rings. The van der Waals surface area contributed by atoms with Crippen molar-refractivity contribution < 1.29 is 14.5 Å². The van der Waals surface area contributed by atoms with Crippen molar-refractivity contribution in [3.05, 3.63) is 38.3 Å². The van der Waals surface area contributed by atoms with Gasteiger partial charge in [-0.3, -0.25) is 19.7 Å². The fourth-order valence-electron chi connectivity index (χ4n) is 1.57. The zero-order chi connectivity index (χ0) is 15.3. The summed E-state index contributed by atoms with van der Waals surface area (Å²) in [7, 11) is 1.46. The number of carbonyl (C=O) groups excluding carboxylic acids is 2. The van der Waals surface area contributed by atoms with E-state index in [-0.39, 0.29) is 28.2 Å². The Kier molecular flexibility index (Phi) is 5.63. The van der Waals surface area contributed by atoms with E-state index in [1.165, 1.54) is 30.1 Å². The van der Waals surface area contributed by atoms with Gasteiger partial charge in [0.15, 0.2) is 0 Å². The molecule has 2 amide bonds. The maximum atomic E-state index is 12.2. The maximum Gasteiger partial charge on any atom is 0.284 e. The van der Waals surface area contributed by atoms with Gasteiger partial charge in [0.25, 0.3) is 11.6 Å². The summed E-state index contributed by atoms with van der Waals surface area (Å²) in [4.78, 5) is 35.0. The Bertz CT molecular complexity index is 548. The first-order chi connectivity index (χ1) is 9.38. The first-order valence-corrected chi connectivity index (χ1v) is 6.62. The highest BCUT2D eigenvalue weighted by Gasteiger charge is 2.22. The van der Waals surface area contributed by atoms with Crippen LogP contribution in [0.1, 0.15) is 17.3 Å². The molecule has 0 aliphatic carbocycles. The van der Waals surface area contributed by atoms with Gasteiger partial charge in [0, 0.05) is 19.7 Å². The number of halogens is 1. The van der Waals surface area contributed by atoms with E-state index in [4.69, 9.17) is 0 Å². The molecule has 0 saturated carbocycles. The Morgan fingerprint density at radius 3 is 2.65 bits per heavy atom. The average molecular weight is 344 g/mol. The highest BCUT2D eigenvalue weighted by molar-refractivity contribution is 9.10. The quantitative estimate of drug-likeness (QED) is 0.648. The molecule has 0 fully saturated rings. The van der Waals surface area contributed by atoms with Gasteiger partial charge < -0.3 is 10.2 Å². The van der Waals surface area contributed by atoms with E-state index in [9.17, 15) is 19.7 Å². The van der Waals surface area contributed by atoms with Gasteiger partial charge in [-0.1, -0.05) is 6.07 Å². The first-order valence-electron chi connectivity index (χ1n) is 5.83. The molecule has 0 unspecified atom stereocenters. The van der Waals surface area contributed by atoms with Gasteiger partial charge in [0.1, 0.15) is 4.47 Å². The first kappa shape index (κ1) is 16.1. The van der Waals surface area contributed by atoms with Gasteiger partial charge in [-0.15, -0.1) is 0 Å². The summed E-state index contributed by atoms with van der Waals surface area (Å²) in [6.07, 6.45) is 0. The smallest absolute Gasteiger partial charge is 0.284 e. The van der Waals surface area contributed by atoms with Gasteiger partial charge in [-0.2, -0.15) is 0 Å². The predicted molar refractivity (Wildman–Crippen MR) is 76.4 cm³/mol. The SMILES string of the molecule is CCNC(=O)CN(C)C(=O)c1cccc([N+](=O)[O-])c1Br. The Balaban J connectivity index is 2.95. The van der Waals surface area contributed by atoms with Crippen LogP contribution >= 0.6 is 15.9 Å². The fourth-order valence-corrected chi connectivity index (χ4v) is 2.15. The van der Waals surface area contributed by atoms with E-state index in [2.05, 4.69) is 21.2 Å². The van der Waals surface area contributed by atoms with E-state index in [1.54, 1.807) is 6.92 Å². The zero-order valence-corrected chi connectivity index (χ0v) is 12.6. The van der Waals surface area contributed by atoms with Crippen LogP contribution in [0.15, 0.2) is 22.7 Å². The number of nitro groups is 1. The van der Waals surface area contributed by atoms with Crippen molar-refractivity contribution in [1.82, 2.24) is 10.2 Å². The maximum absolute atomic E-state index is 12.2. The second kappa shape index (κ2) is 6.99. The molecule has 0 heterocycles. The van der Waals surface area contributed by atoms with Crippen molar-refractivity contribution in [1.29, 1.82) is 0 Å². The molecule has 1 N–H and O–H groups in total. The van der Waals surface area contributed by atoms with Gasteiger partial charge in [-0.25, -0.2) is 0 Å². The standard InChI is InChI=1S/C12H14BrN3O4/c1-3-14-10(17)7-15(2)12(18)8-5-4-6-9(11(8)13)16(19)20/h4-6H,3,7H2,1-2H3,(H,14,17). The second-order valence-electron chi connectivity index (χ2n) is 4.01. The number of nitrogens with zero attached hydrogens (tertiary/aromatic N) is 2. The summed E-state index contributed by atoms with van der Waals surface area (Å²) in [5.74, 6) is -0.753. The molecule has 1 aromatic carbocycles. The molecule has 0 radical (unpaired) electrons. The molecule has 0 bridgehead atoms. The van der Waals surface area contributed by atoms with Crippen LogP contribution in [-0.4, -0.2) is 41.8 Å². The molecule has 0 aromatic heterocycles. The molecular formula is C12H14BrN3O4. The van der Waals surface area contributed by atoms with Crippen molar-refractivity contribution in [2.45, 2.75) is 6.92 Å². The number of likely N-dealkylation sites (N-methyl/N-ethyl adjacent to an activating group) is 2. The van der Waals surface area contributed by atoms with Crippen LogP contribution in [0, 0.1) is 10.1 Å². The number of hydrogen-bond acceptors (Lipinski definition) is 4. The summed E-state index contributed by atoms with van der Waals surface area (Å²) >= 11 is 3.06. The van der Waals surface area contributed by atoms with E-state index in [0.29, 0.717) is 6.54 Å². The van der Waals surface area contributed by atoms with Crippen LogP contribution in [0.2, 0.25) is 0 Å². The third-order valence-corrected chi connectivity index (χ3v) is 3.34. The number of nitrogens with one attached hydrogen (secondary N) is 1. The minimum absolute atomic E-state index is 0.109. The fraction of sp³-hybridized carbons (Fsp3) is 0.333. The zero-order valence-electron chi connectivity index (χ0n) is 11.1. The normalized spacial score (nSPS) is 9.95. The van der Waals surface area contributed by atoms with Crippen molar-refractivity contribution in [3.8, 4) is 0 Å². The van der Waals surface area contributed by atoms with Gasteiger partial charge in [0.2, 0.25) is 5.91 Å². The van der Waals surface area contributed by atoms with E-state index in [1.807, 2.05) is 0 Å². The van der Waals surface area contributed by atoms with Crippen molar-refractivity contribution >= 4 is 33.4 Å². The topological polar surface area (TPSA) is 92.6 Å². The van der Waals surface area contributed by atoms with Crippen LogP contribution < -0.4 is 5.32 Å². The molecule has 0 aliphatic heterocycles. The third-order valence-electron chi connectivity index (χ3n) is 2.51. The summed E-state index contributed by atoms with van der Waals surface area (Å²) in [5.41, 5.74) is -0.0479. The lowest BCUT2D eigenvalue weighted by Crippen LogP contribution is -2.38. The Hall–Kier alpha value is -1.96. The largest absolute Gasteiger partial charge is 0.355 e. The molecule has 1 rings (SSSR count). The summed E-state index contributed by atoms with van der Waals surface area (Å²) in [6.45, 7) is 2.14. The van der Waals surface area contributed by atoms with E-state index in [0.717, 1.165) is 0 Å². The van der Waals surface area contributed by atoms with Gasteiger partial charge in [-0.05, 0) is 28.9 Å². The molecule has 1 aromatic rings. The van der Waals surface area contributed by atoms with Gasteiger partial charge in [0.05, 0.1) is 17.0 Å². The number of hydrogen-bond donors (Lipinski definition) is 1. The number of nitro benzene ring substituents is 1. The van der Waals surface area contributed by atoms with Crippen LogP contribution in [0.4, 0.5) is 5.69 Å². The highest BCUT2D eigenvalue weighted by Crippen LogP contribution is 2.28. The molecule has 8 heteroatoms. The molecule has 0 saturated heterocycles. The molecule has 108 valence electrons. The number of amides is 2. The summed E-state index contributed by atoms with van der Waals surface area (Å²) in [5, 5.41) is 13.4. The molecule has 20 heavy (non-hydrogen) atoms. The van der Waals surface area contributed by atoms with Crippen LogP contribution in [-0.2, 0) is 4.79 Å². The summed E-state index contributed by atoms with van der Waals surface area (Å²) < 4.78 is 0.109. The minimum Gasteiger partial charge on any atom is -0.355 e. The lowest BCUT2D eigenvalue weighted by Gasteiger charge is -2.17. The lowest BCUT2D eigenvalue weighted by molar-refractivity contribution is -0.385. The molecule has 7 nitrogen and oxygen atoms in total. The minimum atomic E-state index is -0.579. The Labute approximate surface area is 124 Å². The van der Waals surface area contributed by atoms with E-state index < -0.39 is 10.8 Å². The Morgan fingerprint density at radius 2 is 2.10 bits per heavy atom. The predicted octanol–water partition coefficient (Wildman–Crippen LogP) is 1.57. The number of carbonyl (C=O) groups is 2. The average Bonchev–Trinajstić information content (AvgIpc) is 2.38.